The van der Waals surface area contributed by atoms with E-state index in [4.69, 9.17) is 4.74 Å². The van der Waals surface area contributed by atoms with Crippen molar-refractivity contribution in [3.05, 3.63) is 47.0 Å². The van der Waals surface area contributed by atoms with Crippen LogP contribution in [0.15, 0.2) is 41.5 Å². The summed E-state index contributed by atoms with van der Waals surface area (Å²) >= 11 is 0. The molecular weight excluding hydrogens is 348 g/mol. The molecule has 1 aliphatic rings. The van der Waals surface area contributed by atoms with E-state index < -0.39 is 0 Å². The number of hydrogen-bond donors (Lipinski definition) is 3. The second-order valence-corrected chi connectivity index (χ2v) is 6.10. The van der Waals surface area contributed by atoms with Gasteiger partial charge >= 0.3 is 6.01 Å². The Kier molecular flexibility index (Phi) is 5.82. The van der Waals surface area contributed by atoms with Crippen LogP contribution in [0.5, 0.6) is 6.01 Å². The first kappa shape index (κ1) is 18.6. The number of methoxy groups -OCH3 is 1. The molecule has 3 rings (SSSR count). The third-order valence-corrected chi connectivity index (χ3v) is 4.15. The number of H-pyrrole nitrogens is 1. The van der Waals surface area contributed by atoms with Gasteiger partial charge in [0.25, 0.3) is 5.56 Å². The number of nitrogens with one attached hydrogen (secondary N) is 3. The molecule has 3 N–H and O–H groups in total. The van der Waals surface area contributed by atoms with Gasteiger partial charge in [0.15, 0.2) is 0 Å². The van der Waals surface area contributed by atoms with Crippen molar-refractivity contribution in [2.45, 2.75) is 6.04 Å². The van der Waals surface area contributed by atoms with Crippen LogP contribution in [0.1, 0.15) is 0 Å². The fraction of sp³-hybridized carbons (Fsp3) is 0.333. The summed E-state index contributed by atoms with van der Waals surface area (Å²) in [7, 11) is 3.32. The normalized spacial score (nSPS) is 14.2. The molecule has 0 radical (unpaired) electrons. The molecule has 0 atom stereocenters. The highest BCUT2D eigenvalue weighted by Crippen LogP contribution is 2.20. The first-order valence-corrected chi connectivity index (χ1v) is 8.57. The summed E-state index contributed by atoms with van der Waals surface area (Å²) in [5.41, 5.74) is 1.59. The predicted octanol–water partition coefficient (Wildman–Crippen LogP) is 0.239. The van der Waals surface area contributed by atoms with Gasteiger partial charge in [-0.3, -0.25) is 9.59 Å². The Morgan fingerprint density at radius 2 is 2.30 bits per heavy atom. The zero-order chi connectivity index (χ0) is 19.2. The molecule has 2 aromatic rings. The van der Waals surface area contributed by atoms with E-state index in [9.17, 15) is 9.59 Å². The highest BCUT2D eigenvalue weighted by atomic mass is 16.5. The van der Waals surface area contributed by atoms with Gasteiger partial charge in [0.05, 0.1) is 18.8 Å². The van der Waals surface area contributed by atoms with Crippen LogP contribution in [0, 0.1) is 0 Å². The van der Waals surface area contributed by atoms with E-state index in [0.717, 1.165) is 5.56 Å². The number of carbonyl (C=O) groups excluding carboxylic acids is 1. The molecule has 0 unspecified atom stereocenters. The molecule has 9 heteroatoms. The largest absolute Gasteiger partial charge is 0.467 e. The number of aromatic amines is 1. The number of nitrogens with zero attached hydrogens (tertiary/aromatic N) is 3. The maximum atomic E-state index is 12.1. The van der Waals surface area contributed by atoms with Crippen LogP contribution >= 0.6 is 0 Å². The zero-order valence-electron chi connectivity index (χ0n) is 15.2. The van der Waals surface area contributed by atoms with Gasteiger partial charge in [0.2, 0.25) is 5.91 Å². The van der Waals surface area contributed by atoms with Crippen LogP contribution < -0.4 is 20.9 Å². The molecule has 142 valence electrons. The maximum absolute atomic E-state index is 12.1. The van der Waals surface area contributed by atoms with Crippen LogP contribution in [-0.4, -0.2) is 65.6 Å². The molecule has 0 aliphatic carbocycles. The molecule has 1 fully saturated rings. The number of likely N-dealkylation sites (N-methyl/N-ethyl adjacent to an activating group) is 1. The number of rotatable bonds is 7. The molecular formula is C18H22N6O3. The van der Waals surface area contributed by atoms with Crippen molar-refractivity contribution in [1.29, 1.82) is 0 Å². The van der Waals surface area contributed by atoms with Gasteiger partial charge in [0, 0.05) is 43.7 Å². The number of carbonyl (C=O) groups is 1. The van der Waals surface area contributed by atoms with E-state index in [2.05, 4.69) is 25.6 Å². The topological polar surface area (TPSA) is 112 Å². The summed E-state index contributed by atoms with van der Waals surface area (Å²) in [6.45, 7) is 1.75. The first-order valence-electron chi connectivity index (χ1n) is 8.57. The molecule has 1 amide bonds. The lowest BCUT2D eigenvalue weighted by molar-refractivity contribution is -0.129. The molecule has 2 aromatic heterocycles. The summed E-state index contributed by atoms with van der Waals surface area (Å²) in [6.07, 6.45) is 6.53. The number of amides is 1. The van der Waals surface area contributed by atoms with Gasteiger partial charge in [0.1, 0.15) is 5.69 Å². The Bertz CT molecular complexity index is 889. The van der Waals surface area contributed by atoms with E-state index >= 15 is 0 Å². The van der Waals surface area contributed by atoms with Gasteiger partial charge in [-0.1, -0.05) is 6.08 Å². The van der Waals surface area contributed by atoms with E-state index in [1.54, 1.807) is 41.6 Å². The number of anilines is 1. The van der Waals surface area contributed by atoms with E-state index in [1.807, 2.05) is 7.05 Å². The highest BCUT2D eigenvalue weighted by Gasteiger charge is 2.29. The lowest BCUT2D eigenvalue weighted by atomic mass is 10.1. The fourth-order valence-corrected chi connectivity index (χ4v) is 2.69. The van der Waals surface area contributed by atoms with Gasteiger partial charge in [-0.2, -0.15) is 4.98 Å². The van der Waals surface area contributed by atoms with Crippen molar-refractivity contribution in [2.75, 3.05) is 39.1 Å². The number of likely N-dealkylation sites (tertiary alicyclic amines) is 1. The van der Waals surface area contributed by atoms with Gasteiger partial charge in [-0.15, -0.1) is 0 Å². The summed E-state index contributed by atoms with van der Waals surface area (Å²) in [5, 5.41) is 6.14. The average molecular weight is 370 g/mol. The van der Waals surface area contributed by atoms with E-state index in [-0.39, 0.29) is 23.5 Å². The molecule has 0 bridgehead atoms. The molecule has 1 saturated heterocycles. The van der Waals surface area contributed by atoms with Crippen LogP contribution in [0.25, 0.3) is 11.3 Å². The average Bonchev–Trinajstić information content (AvgIpc) is 2.65. The van der Waals surface area contributed by atoms with Crippen molar-refractivity contribution in [1.82, 2.24) is 25.2 Å². The van der Waals surface area contributed by atoms with Crippen molar-refractivity contribution >= 4 is 11.6 Å². The Hall–Kier alpha value is -3.20. The van der Waals surface area contributed by atoms with Crippen molar-refractivity contribution < 1.29 is 9.53 Å². The summed E-state index contributed by atoms with van der Waals surface area (Å²) in [4.78, 5) is 36.7. The summed E-state index contributed by atoms with van der Waals surface area (Å²) < 4.78 is 5.03. The van der Waals surface area contributed by atoms with E-state index in [1.165, 1.54) is 7.11 Å². The number of hydrogen-bond acceptors (Lipinski definition) is 7. The molecule has 0 spiro atoms. The minimum atomic E-state index is -0.224. The van der Waals surface area contributed by atoms with Crippen LogP contribution in [0.4, 0.5) is 5.69 Å². The Morgan fingerprint density at radius 1 is 1.48 bits per heavy atom. The predicted molar refractivity (Wildman–Crippen MR) is 102 cm³/mol. The minimum Gasteiger partial charge on any atom is -0.467 e. The Labute approximate surface area is 156 Å². The third-order valence-electron chi connectivity index (χ3n) is 4.15. The number of pyridine rings is 1. The SMILES string of the molecule is CNCC=CC(=O)N1CC(Nc2cc(-c3ccnc(OC)n3)c[nH]c2=O)C1. The molecule has 1 aliphatic heterocycles. The molecule has 0 saturated carbocycles. The Morgan fingerprint density at radius 3 is 3.04 bits per heavy atom. The lowest BCUT2D eigenvalue weighted by Gasteiger charge is -2.39. The molecule has 27 heavy (non-hydrogen) atoms. The monoisotopic (exact) mass is 370 g/mol. The quantitative estimate of drug-likeness (QED) is 0.599. The zero-order valence-corrected chi connectivity index (χ0v) is 15.2. The lowest BCUT2D eigenvalue weighted by Crippen LogP contribution is -2.57. The standard InChI is InChI=1S/C18H22N6O3/c1-19-6-3-4-16(25)24-10-13(11-24)22-15-8-12(9-21-17(15)26)14-5-7-20-18(23-14)27-2/h3-5,7-9,13,19,22H,6,10-11H2,1-2H3,(H,21,26). The fourth-order valence-electron chi connectivity index (χ4n) is 2.69. The molecule has 0 aromatic carbocycles. The van der Waals surface area contributed by atoms with Crippen LogP contribution in [0.2, 0.25) is 0 Å². The van der Waals surface area contributed by atoms with Gasteiger partial charge in [-0.25, -0.2) is 4.98 Å². The van der Waals surface area contributed by atoms with E-state index in [0.29, 0.717) is 31.0 Å². The van der Waals surface area contributed by atoms with Crippen LogP contribution in [0.3, 0.4) is 0 Å². The van der Waals surface area contributed by atoms with Crippen LogP contribution in [-0.2, 0) is 4.79 Å². The number of aromatic nitrogens is 3. The Balaban J connectivity index is 1.65. The third kappa shape index (κ3) is 4.50. The molecule has 9 nitrogen and oxygen atoms in total. The second-order valence-electron chi connectivity index (χ2n) is 6.10. The highest BCUT2D eigenvalue weighted by molar-refractivity contribution is 5.88. The maximum Gasteiger partial charge on any atom is 0.316 e. The summed E-state index contributed by atoms with van der Waals surface area (Å²) in [6, 6.07) is 3.76. The van der Waals surface area contributed by atoms with Crippen molar-refractivity contribution in [2.24, 2.45) is 0 Å². The van der Waals surface area contributed by atoms with Crippen molar-refractivity contribution in [3.8, 4) is 17.3 Å². The second kappa shape index (κ2) is 8.45. The summed E-state index contributed by atoms with van der Waals surface area (Å²) in [5.74, 6) is -0.0287. The number of ether oxygens (including phenoxy) is 1. The van der Waals surface area contributed by atoms with Gasteiger partial charge < -0.3 is 25.3 Å². The first-order chi connectivity index (χ1) is 13.1. The molecule has 3 heterocycles. The van der Waals surface area contributed by atoms with Crippen molar-refractivity contribution in [3.63, 3.8) is 0 Å². The minimum absolute atomic E-state index is 0.0287. The van der Waals surface area contributed by atoms with Gasteiger partial charge in [-0.05, 0) is 19.2 Å². The smallest absolute Gasteiger partial charge is 0.316 e.